The Balaban J connectivity index is 3.00. The van der Waals surface area contributed by atoms with Gasteiger partial charge in [0.1, 0.15) is 17.1 Å². The lowest BCUT2D eigenvalue weighted by atomic mass is 10.1. The molecule has 1 amide bonds. The number of amides is 1. The summed E-state index contributed by atoms with van der Waals surface area (Å²) in [6.45, 7) is 2.70. The van der Waals surface area contributed by atoms with Gasteiger partial charge in [-0.2, -0.15) is 11.8 Å². The standard InChI is InChI=1S/C11H15N3O4S/c1-11(2,10(17)18)14-9(16)6-4-8(15)13-7(12-6)5-19-3/h4H,5H2,1-3H3,(H,14,16)(H,17,18)(H,12,13,15). The van der Waals surface area contributed by atoms with Crippen molar-refractivity contribution in [1.29, 1.82) is 0 Å². The molecule has 1 rings (SSSR count). The van der Waals surface area contributed by atoms with Gasteiger partial charge >= 0.3 is 5.97 Å². The Morgan fingerprint density at radius 2 is 2.16 bits per heavy atom. The highest BCUT2D eigenvalue weighted by molar-refractivity contribution is 7.97. The molecule has 0 unspecified atom stereocenters. The Kier molecular flexibility index (Phi) is 4.71. The number of carbonyl (C=O) groups is 2. The summed E-state index contributed by atoms with van der Waals surface area (Å²) in [5.74, 6) is -1.03. The van der Waals surface area contributed by atoms with Crippen molar-refractivity contribution >= 4 is 23.6 Å². The Hall–Kier alpha value is -1.83. The number of carbonyl (C=O) groups excluding carboxylic acids is 1. The number of carboxylic acids is 1. The predicted octanol–water partition coefficient (Wildman–Crippen LogP) is 0.226. The fraction of sp³-hybridized carbons (Fsp3) is 0.455. The summed E-state index contributed by atoms with van der Waals surface area (Å²) < 4.78 is 0. The number of H-pyrrole nitrogens is 1. The van der Waals surface area contributed by atoms with E-state index in [1.165, 1.54) is 25.6 Å². The van der Waals surface area contributed by atoms with E-state index >= 15 is 0 Å². The molecule has 0 radical (unpaired) electrons. The third-order valence-corrected chi connectivity index (χ3v) is 2.83. The van der Waals surface area contributed by atoms with Crippen molar-refractivity contribution in [3.8, 4) is 0 Å². The summed E-state index contributed by atoms with van der Waals surface area (Å²) in [4.78, 5) is 40.7. The van der Waals surface area contributed by atoms with Gasteiger partial charge in [-0.05, 0) is 20.1 Å². The average Bonchev–Trinajstić information content (AvgIpc) is 2.27. The van der Waals surface area contributed by atoms with E-state index in [-0.39, 0.29) is 5.69 Å². The second-order valence-electron chi connectivity index (χ2n) is 4.39. The first kappa shape index (κ1) is 15.2. The van der Waals surface area contributed by atoms with E-state index in [4.69, 9.17) is 5.11 Å². The van der Waals surface area contributed by atoms with Crippen LogP contribution in [0.25, 0.3) is 0 Å². The summed E-state index contributed by atoms with van der Waals surface area (Å²) in [6.07, 6.45) is 1.83. The minimum atomic E-state index is -1.43. The highest BCUT2D eigenvalue weighted by Crippen LogP contribution is 2.06. The van der Waals surface area contributed by atoms with Crippen LogP contribution in [0.3, 0.4) is 0 Å². The first-order valence-corrected chi connectivity index (χ1v) is 6.80. The van der Waals surface area contributed by atoms with Gasteiger partial charge < -0.3 is 15.4 Å². The van der Waals surface area contributed by atoms with Crippen LogP contribution in [0.4, 0.5) is 0 Å². The van der Waals surface area contributed by atoms with Crippen molar-refractivity contribution in [2.75, 3.05) is 6.26 Å². The lowest BCUT2D eigenvalue weighted by Gasteiger charge is -2.20. The number of aromatic nitrogens is 2. The zero-order chi connectivity index (χ0) is 14.6. The van der Waals surface area contributed by atoms with E-state index in [1.54, 1.807) is 0 Å². The summed E-state index contributed by atoms with van der Waals surface area (Å²) in [5.41, 5.74) is -1.97. The number of thioether (sulfide) groups is 1. The molecule has 0 fully saturated rings. The average molecular weight is 285 g/mol. The first-order chi connectivity index (χ1) is 8.76. The van der Waals surface area contributed by atoms with Crippen molar-refractivity contribution in [3.05, 3.63) is 27.9 Å². The normalized spacial score (nSPS) is 11.1. The molecule has 1 aromatic rings. The van der Waals surface area contributed by atoms with Gasteiger partial charge in [-0.15, -0.1) is 0 Å². The van der Waals surface area contributed by atoms with Crippen LogP contribution >= 0.6 is 11.8 Å². The second kappa shape index (κ2) is 5.87. The van der Waals surface area contributed by atoms with Gasteiger partial charge in [0.05, 0.1) is 5.75 Å². The van der Waals surface area contributed by atoms with E-state index in [0.29, 0.717) is 11.6 Å². The molecule has 8 heteroatoms. The molecule has 7 nitrogen and oxygen atoms in total. The Morgan fingerprint density at radius 1 is 1.53 bits per heavy atom. The van der Waals surface area contributed by atoms with E-state index in [2.05, 4.69) is 15.3 Å². The number of rotatable bonds is 5. The van der Waals surface area contributed by atoms with Crippen molar-refractivity contribution in [2.45, 2.75) is 25.1 Å². The molecule has 0 spiro atoms. The molecular formula is C11H15N3O4S. The maximum atomic E-state index is 11.9. The number of carboxylic acid groups (broad SMARTS) is 1. The Bertz CT molecular complexity index is 553. The number of aliphatic carboxylic acids is 1. The second-order valence-corrected chi connectivity index (χ2v) is 5.26. The largest absolute Gasteiger partial charge is 0.480 e. The van der Waals surface area contributed by atoms with Crippen LogP contribution in [0.2, 0.25) is 0 Å². The first-order valence-electron chi connectivity index (χ1n) is 5.41. The fourth-order valence-corrected chi connectivity index (χ4v) is 1.64. The SMILES string of the molecule is CSCc1nc(C(=O)NC(C)(C)C(=O)O)cc(=O)[nH]1. The van der Waals surface area contributed by atoms with Crippen molar-refractivity contribution in [2.24, 2.45) is 0 Å². The van der Waals surface area contributed by atoms with Crippen LogP contribution in [-0.2, 0) is 10.5 Å². The number of hydrogen-bond acceptors (Lipinski definition) is 5. The van der Waals surface area contributed by atoms with Gasteiger partial charge in [-0.3, -0.25) is 9.59 Å². The predicted molar refractivity (Wildman–Crippen MR) is 71.3 cm³/mol. The molecule has 0 atom stereocenters. The number of nitrogens with one attached hydrogen (secondary N) is 2. The molecule has 0 saturated carbocycles. The molecule has 1 heterocycles. The maximum Gasteiger partial charge on any atom is 0.328 e. The summed E-state index contributed by atoms with van der Waals surface area (Å²) in [6, 6.07) is 1.04. The lowest BCUT2D eigenvalue weighted by molar-refractivity contribution is -0.143. The molecule has 1 aromatic heterocycles. The van der Waals surface area contributed by atoms with Crippen LogP contribution in [0.5, 0.6) is 0 Å². The van der Waals surface area contributed by atoms with Gasteiger partial charge in [0.2, 0.25) is 0 Å². The van der Waals surface area contributed by atoms with Crippen LogP contribution in [0, 0.1) is 0 Å². The minimum Gasteiger partial charge on any atom is -0.480 e. The van der Waals surface area contributed by atoms with E-state index in [1.807, 2.05) is 6.26 Å². The van der Waals surface area contributed by atoms with Gasteiger partial charge in [-0.25, -0.2) is 9.78 Å². The van der Waals surface area contributed by atoms with Crippen LogP contribution in [0.15, 0.2) is 10.9 Å². The number of hydrogen-bond donors (Lipinski definition) is 3. The molecule has 19 heavy (non-hydrogen) atoms. The molecule has 0 bridgehead atoms. The van der Waals surface area contributed by atoms with Crippen molar-refractivity contribution < 1.29 is 14.7 Å². The zero-order valence-corrected chi connectivity index (χ0v) is 11.6. The molecular weight excluding hydrogens is 270 g/mol. The summed E-state index contributed by atoms with van der Waals surface area (Å²) in [5, 5.41) is 11.2. The highest BCUT2D eigenvalue weighted by Gasteiger charge is 2.29. The molecule has 0 saturated heterocycles. The van der Waals surface area contributed by atoms with Crippen LogP contribution in [-0.4, -0.2) is 38.7 Å². The van der Waals surface area contributed by atoms with E-state index in [9.17, 15) is 14.4 Å². The zero-order valence-electron chi connectivity index (χ0n) is 10.8. The Morgan fingerprint density at radius 3 is 2.68 bits per heavy atom. The minimum absolute atomic E-state index is 0.0953. The van der Waals surface area contributed by atoms with Crippen LogP contribution in [0.1, 0.15) is 30.2 Å². The van der Waals surface area contributed by atoms with Crippen molar-refractivity contribution in [3.63, 3.8) is 0 Å². The Labute approximate surface area is 113 Å². The smallest absolute Gasteiger partial charge is 0.328 e. The third-order valence-electron chi connectivity index (χ3n) is 2.27. The van der Waals surface area contributed by atoms with Gasteiger partial charge in [0.25, 0.3) is 11.5 Å². The fourth-order valence-electron chi connectivity index (χ4n) is 1.23. The quantitative estimate of drug-likeness (QED) is 0.713. The maximum absolute atomic E-state index is 11.9. The number of nitrogens with zero attached hydrogens (tertiary/aromatic N) is 1. The van der Waals surface area contributed by atoms with Gasteiger partial charge in [-0.1, -0.05) is 0 Å². The molecule has 3 N–H and O–H groups in total. The monoisotopic (exact) mass is 285 g/mol. The number of aromatic amines is 1. The highest BCUT2D eigenvalue weighted by atomic mass is 32.2. The van der Waals surface area contributed by atoms with E-state index in [0.717, 1.165) is 6.07 Å². The van der Waals surface area contributed by atoms with Crippen molar-refractivity contribution in [1.82, 2.24) is 15.3 Å². The molecule has 104 valence electrons. The molecule has 0 aliphatic heterocycles. The van der Waals surface area contributed by atoms with Crippen LogP contribution < -0.4 is 10.9 Å². The van der Waals surface area contributed by atoms with Gasteiger partial charge in [0.15, 0.2) is 0 Å². The molecule has 0 aliphatic carbocycles. The molecule has 0 aliphatic rings. The molecule has 0 aromatic carbocycles. The van der Waals surface area contributed by atoms with E-state index < -0.39 is 23.0 Å². The summed E-state index contributed by atoms with van der Waals surface area (Å²) >= 11 is 1.44. The summed E-state index contributed by atoms with van der Waals surface area (Å²) in [7, 11) is 0. The van der Waals surface area contributed by atoms with Gasteiger partial charge in [0, 0.05) is 6.07 Å². The topological polar surface area (TPSA) is 112 Å². The third kappa shape index (κ3) is 4.09. The lowest BCUT2D eigenvalue weighted by Crippen LogP contribution is -2.50.